The fraction of sp³-hybridized carbons (Fsp3) is 0.467. The van der Waals surface area contributed by atoms with Crippen molar-refractivity contribution >= 4 is 23.4 Å². The second kappa shape index (κ2) is 15.3. The minimum Gasteiger partial charge on any atom is -0.506 e. The molecule has 0 saturated carbocycles. The molecule has 6 atom stereocenters. The van der Waals surface area contributed by atoms with Gasteiger partial charge in [-0.15, -0.1) is 6.58 Å². The summed E-state index contributed by atoms with van der Waals surface area (Å²) in [7, 11) is 2.92. The number of nitrogens with one attached hydrogen (secondary N) is 2. The molecule has 0 aliphatic carbocycles. The summed E-state index contributed by atoms with van der Waals surface area (Å²) < 4.78 is 16.6. The maximum Gasteiger partial charge on any atom is 0.405 e. The second-order valence-electron chi connectivity index (χ2n) is 10.2. The van der Waals surface area contributed by atoms with Crippen LogP contribution in [0.25, 0.3) is 0 Å². The van der Waals surface area contributed by atoms with Crippen molar-refractivity contribution in [3.05, 3.63) is 59.7 Å². The Morgan fingerprint density at radius 2 is 1.93 bits per heavy atom. The molecule has 0 radical (unpaired) electrons. The number of primary amides is 1. The lowest BCUT2D eigenvalue weighted by atomic mass is 9.85. The van der Waals surface area contributed by atoms with Crippen LogP contribution in [0, 0.1) is 11.8 Å². The number of benzene rings is 1. The third kappa shape index (κ3) is 8.59. The highest BCUT2D eigenvalue weighted by Crippen LogP contribution is 2.42. The van der Waals surface area contributed by atoms with E-state index in [2.05, 4.69) is 17.2 Å². The summed E-state index contributed by atoms with van der Waals surface area (Å²) in [5.74, 6) is -1.76. The molecule has 1 aliphatic rings. The van der Waals surface area contributed by atoms with Crippen LogP contribution in [0.4, 0.5) is 16.2 Å². The number of amides is 2. The van der Waals surface area contributed by atoms with E-state index in [1.54, 1.807) is 45.1 Å². The number of allylic oxidation sites excluding steroid dienone is 2. The molecule has 2 amide bonds. The molecule has 1 aromatic carbocycles. The number of nitrogens with two attached hydrogens (primary N) is 1. The Kier molecular flexibility index (Phi) is 12.4. The van der Waals surface area contributed by atoms with E-state index in [-0.39, 0.29) is 40.8 Å². The number of aliphatic hydroxyl groups excluding tert-OH is 1. The van der Waals surface area contributed by atoms with E-state index in [1.165, 1.54) is 26.4 Å². The molecule has 11 nitrogen and oxygen atoms in total. The van der Waals surface area contributed by atoms with Gasteiger partial charge in [-0.2, -0.15) is 0 Å². The summed E-state index contributed by atoms with van der Waals surface area (Å²) in [5, 5.41) is 39.1. The molecule has 0 saturated heterocycles. The van der Waals surface area contributed by atoms with Crippen molar-refractivity contribution in [2.75, 3.05) is 31.4 Å². The normalized spacial score (nSPS) is 29.4. The molecule has 0 aromatic heterocycles. The van der Waals surface area contributed by atoms with E-state index < -0.39 is 42.3 Å². The van der Waals surface area contributed by atoms with Gasteiger partial charge in [-0.1, -0.05) is 44.2 Å². The van der Waals surface area contributed by atoms with Crippen molar-refractivity contribution in [3.63, 3.8) is 0 Å². The summed E-state index contributed by atoms with van der Waals surface area (Å²) in [6.07, 6.45) is 3.87. The Labute approximate surface area is 241 Å². The smallest absolute Gasteiger partial charge is 0.405 e. The van der Waals surface area contributed by atoms with Crippen molar-refractivity contribution in [2.45, 2.75) is 58.5 Å². The van der Waals surface area contributed by atoms with Gasteiger partial charge >= 0.3 is 6.09 Å². The highest BCUT2D eigenvalue weighted by molar-refractivity contribution is 6.04. The van der Waals surface area contributed by atoms with E-state index >= 15 is 0 Å². The van der Waals surface area contributed by atoms with Crippen LogP contribution >= 0.6 is 0 Å². The van der Waals surface area contributed by atoms with Gasteiger partial charge in [0.2, 0.25) is 0 Å². The lowest BCUT2D eigenvalue weighted by Gasteiger charge is -2.32. The SMILES string of the molecule is C=CCNc1c(O)cc2c(O)c1C[C@@H](C)[C@H](OC)C(O)[C@@H](C)/C=C(\C)C(OC(N)=O)C(OC)/C=C\C=C(/C)C(=O)N2. The third-order valence-corrected chi connectivity index (χ3v) is 7.08. The number of carbonyl (C=O) groups is 2. The first kappa shape index (κ1) is 33.4. The van der Waals surface area contributed by atoms with Gasteiger partial charge in [-0.25, -0.2) is 4.79 Å². The predicted octanol–water partition coefficient (Wildman–Crippen LogP) is 3.77. The fourth-order valence-electron chi connectivity index (χ4n) is 4.89. The van der Waals surface area contributed by atoms with Gasteiger partial charge in [0.1, 0.15) is 17.6 Å². The van der Waals surface area contributed by atoms with Gasteiger partial charge in [0, 0.05) is 43.9 Å². The van der Waals surface area contributed by atoms with E-state index in [0.29, 0.717) is 17.7 Å². The number of anilines is 2. The number of hydrogen-bond donors (Lipinski definition) is 6. The van der Waals surface area contributed by atoms with Crippen molar-refractivity contribution in [2.24, 2.45) is 17.6 Å². The number of hydrogen-bond acceptors (Lipinski definition) is 9. The zero-order chi connectivity index (χ0) is 30.9. The lowest BCUT2D eigenvalue weighted by molar-refractivity contribution is -0.112. The molecule has 1 heterocycles. The van der Waals surface area contributed by atoms with Crippen LogP contribution in [0.5, 0.6) is 11.5 Å². The van der Waals surface area contributed by atoms with Crippen LogP contribution < -0.4 is 16.4 Å². The average Bonchev–Trinajstić information content (AvgIpc) is 2.91. The standard InChI is InChI=1S/C30H43N3O8/c1-8-12-32-24-20-14-19(5)28(40-7)25(35)17(3)13-18(4)27(41-30(31)38)23(39-6)11-9-10-16(2)29(37)33-21(26(20)36)15-22(24)34/h8-11,13,15,17,19,23,25,27-28,32,34-36H,1,12,14H2,2-7H3,(H2,31,38)(H,33,37)/b11-9-,16-10+,18-13+/t17-,19+,23?,25?,27?,28-/m0/s1. The molecular weight excluding hydrogens is 530 g/mol. The van der Waals surface area contributed by atoms with Crippen LogP contribution in [-0.2, 0) is 25.4 Å². The first-order valence-corrected chi connectivity index (χ1v) is 13.3. The number of phenols is 2. The summed E-state index contributed by atoms with van der Waals surface area (Å²) in [6, 6.07) is 1.26. The average molecular weight is 574 g/mol. The highest BCUT2D eigenvalue weighted by atomic mass is 16.6. The monoisotopic (exact) mass is 573 g/mol. The Hall–Kier alpha value is -3.80. The maximum atomic E-state index is 13.0. The number of carbonyl (C=O) groups excluding carboxylic acids is 2. The van der Waals surface area contributed by atoms with Gasteiger partial charge in [0.05, 0.1) is 23.6 Å². The van der Waals surface area contributed by atoms with E-state index in [9.17, 15) is 24.9 Å². The first-order chi connectivity index (χ1) is 19.4. The number of rotatable bonds is 6. The largest absolute Gasteiger partial charge is 0.506 e. The Morgan fingerprint density at radius 3 is 2.51 bits per heavy atom. The third-order valence-electron chi connectivity index (χ3n) is 7.08. The highest BCUT2D eigenvalue weighted by Gasteiger charge is 2.32. The molecule has 7 N–H and O–H groups in total. The molecule has 1 aliphatic heterocycles. The zero-order valence-electron chi connectivity index (χ0n) is 24.5. The van der Waals surface area contributed by atoms with Crippen molar-refractivity contribution in [1.29, 1.82) is 0 Å². The van der Waals surface area contributed by atoms with E-state index in [4.69, 9.17) is 19.9 Å². The second-order valence-corrected chi connectivity index (χ2v) is 10.2. The summed E-state index contributed by atoms with van der Waals surface area (Å²) in [4.78, 5) is 24.7. The van der Waals surface area contributed by atoms with Gasteiger partial charge in [-0.3, -0.25) is 4.79 Å². The molecule has 3 unspecified atom stereocenters. The molecule has 2 rings (SSSR count). The van der Waals surface area contributed by atoms with Crippen molar-refractivity contribution in [3.8, 4) is 11.5 Å². The van der Waals surface area contributed by atoms with Gasteiger partial charge in [-0.05, 0) is 31.8 Å². The molecule has 0 fully saturated rings. The first-order valence-electron chi connectivity index (χ1n) is 13.3. The van der Waals surface area contributed by atoms with Crippen LogP contribution in [-0.4, -0.2) is 72.5 Å². The number of methoxy groups -OCH3 is 2. The van der Waals surface area contributed by atoms with Crippen LogP contribution in [0.1, 0.15) is 33.3 Å². The van der Waals surface area contributed by atoms with Gasteiger partial charge < -0.3 is 45.9 Å². The fourth-order valence-corrected chi connectivity index (χ4v) is 4.89. The number of aromatic hydroxyl groups is 2. The predicted molar refractivity (Wildman–Crippen MR) is 158 cm³/mol. The number of aliphatic hydroxyl groups is 1. The summed E-state index contributed by atoms with van der Waals surface area (Å²) >= 11 is 0. The van der Waals surface area contributed by atoms with E-state index in [0.717, 1.165) is 0 Å². The molecular formula is C30H43N3O8. The van der Waals surface area contributed by atoms with Crippen LogP contribution in [0.3, 0.4) is 0 Å². The molecule has 41 heavy (non-hydrogen) atoms. The van der Waals surface area contributed by atoms with Crippen LogP contribution in [0.15, 0.2) is 54.2 Å². The number of phenolic OH excluding ortho intramolecular Hbond substituents is 2. The Balaban J connectivity index is 2.72. The number of ether oxygens (including phenoxy) is 3. The minimum atomic E-state index is -1.01. The lowest BCUT2D eigenvalue weighted by Crippen LogP contribution is -2.39. The van der Waals surface area contributed by atoms with Crippen molar-refractivity contribution in [1.82, 2.24) is 0 Å². The minimum absolute atomic E-state index is 0.0165. The summed E-state index contributed by atoms with van der Waals surface area (Å²) in [6.45, 7) is 10.9. The molecule has 226 valence electrons. The Bertz CT molecular complexity index is 1190. The van der Waals surface area contributed by atoms with Crippen molar-refractivity contribution < 1.29 is 39.1 Å². The van der Waals surface area contributed by atoms with Gasteiger partial charge in [0.15, 0.2) is 6.10 Å². The molecule has 0 spiro atoms. The quantitative estimate of drug-likeness (QED) is 0.168. The number of fused-ring (bicyclic) bond motifs is 2. The topological polar surface area (TPSA) is 173 Å². The summed E-state index contributed by atoms with van der Waals surface area (Å²) in [5.41, 5.74) is 6.85. The van der Waals surface area contributed by atoms with E-state index in [1.807, 2.05) is 6.92 Å². The van der Waals surface area contributed by atoms with Gasteiger partial charge in [0.25, 0.3) is 5.91 Å². The van der Waals surface area contributed by atoms with Crippen LogP contribution in [0.2, 0.25) is 0 Å². The molecule has 1 aromatic rings. The zero-order valence-corrected chi connectivity index (χ0v) is 24.5. The Morgan fingerprint density at radius 1 is 1.24 bits per heavy atom. The molecule has 2 bridgehead atoms. The maximum absolute atomic E-state index is 13.0. The molecule has 11 heteroatoms.